The predicted octanol–water partition coefficient (Wildman–Crippen LogP) is -0.373. The molecule has 1 saturated heterocycles. The number of carbonyl (C=O) groups is 1. The Balaban J connectivity index is 2.02. The molecule has 0 unspecified atom stereocenters. The fourth-order valence-electron chi connectivity index (χ4n) is 3.84. The second-order valence-corrected chi connectivity index (χ2v) is 7.12. The number of anilines is 1. The number of aliphatic hydroxyl groups excluding tert-OH is 2. The number of benzene rings is 1. The van der Waals surface area contributed by atoms with Crippen LogP contribution in [0.25, 0.3) is 0 Å². The third kappa shape index (κ3) is 3.58. The Bertz CT molecular complexity index is 789. The summed E-state index contributed by atoms with van der Waals surface area (Å²) >= 11 is 5.49. The van der Waals surface area contributed by atoms with Gasteiger partial charge in [-0.15, -0.1) is 6.42 Å². The Morgan fingerprint density at radius 3 is 2.57 bits per heavy atom. The van der Waals surface area contributed by atoms with Gasteiger partial charge in [0, 0.05) is 18.2 Å². The second-order valence-electron chi connectivity index (χ2n) is 6.73. The van der Waals surface area contributed by atoms with Gasteiger partial charge < -0.3 is 35.2 Å². The average molecular weight is 405 g/mol. The van der Waals surface area contributed by atoms with E-state index >= 15 is 0 Å². The molecular formula is C19H23N3O5S. The van der Waals surface area contributed by atoms with Crippen LogP contribution in [0.2, 0.25) is 0 Å². The van der Waals surface area contributed by atoms with Crippen LogP contribution in [0.4, 0.5) is 5.69 Å². The number of rotatable bonds is 5. The summed E-state index contributed by atoms with van der Waals surface area (Å²) in [6.45, 7) is 0.0796. The molecule has 9 heteroatoms. The molecule has 0 bridgehead atoms. The molecule has 2 aliphatic rings. The molecule has 0 spiro atoms. The van der Waals surface area contributed by atoms with E-state index in [9.17, 15) is 15.0 Å². The van der Waals surface area contributed by atoms with E-state index in [2.05, 4.69) is 16.6 Å². The van der Waals surface area contributed by atoms with E-state index in [4.69, 9.17) is 28.1 Å². The number of fused-ring (bicyclic) bond motifs is 1. The van der Waals surface area contributed by atoms with Crippen molar-refractivity contribution in [3.8, 4) is 23.8 Å². The van der Waals surface area contributed by atoms with E-state index in [0.29, 0.717) is 22.3 Å². The summed E-state index contributed by atoms with van der Waals surface area (Å²) in [7, 11) is 3.08. The van der Waals surface area contributed by atoms with E-state index < -0.39 is 30.2 Å². The summed E-state index contributed by atoms with van der Waals surface area (Å²) in [6, 6.07) is 4.14. The number of terminal acetylenes is 1. The quantitative estimate of drug-likeness (QED) is 0.389. The summed E-state index contributed by atoms with van der Waals surface area (Å²) < 4.78 is 10.7. The Hall–Kier alpha value is -2.54. The lowest BCUT2D eigenvalue weighted by Crippen LogP contribution is -2.61. The molecule has 1 aromatic rings. The van der Waals surface area contributed by atoms with Gasteiger partial charge in [0.2, 0.25) is 5.91 Å². The zero-order valence-corrected chi connectivity index (χ0v) is 16.4. The van der Waals surface area contributed by atoms with Gasteiger partial charge >= 0.3 is 0 Å². The predicted molar refractivity (Wildman–Crippen MR) is 107 cm³/mol. The van der Waals surface area contributed by atoms with Crippen LogP contribution in [-0.4, -0.2) is 66.3 Å². The Morgan fingerprint density at radius 1 is 1.36 bits per heavy atom. The monoisotopic (exact) mass is 405 g/mol. The second kappa shape index (κ2) is 8.22. The molecule has 150 valence electrons. The van der Waals surface area contributed by atoms with Crippen molar-refractivity contribution in [2.45, 2.75) is 30.7 Å². The molecule has 28 heavy (non-hydrogen) atoms. The Morgan fingerprint density at radius 2 is 2.00 bits per heavy atom. The summed E-state index contributed by atoms with van der Waals surface area (Å²) in [5, 5.41) is 26.8. The first-order valence-electron chi connectivity index (χ1n) is 8.81. The first-order chi connectivity index (χ1) is 13.4. The lowest BCUT2D eigenvalue weighted by atomic mass is 9.77. The number of hydrogen-bond donors (Lipinski definition) is 4. The molecule has 3 rings (SSSR count). The van der Waals surface area contributed by atoms with Gasteiger partial charge in [-0.1, -0.05) is 5.92 Å². The number of amides is 1. The molecule has 1 aliphatic heterocycles. The molecule has 4 N–H and O–H groups in total. The van der Waals surface area contributed by atoms with Crippen LogP contribution < -0.4 is 25.0 Å². The maximum absolute atomic E-state index is 12.7. The smallest absolute Gasteiger partial charge is 0.226 e. The molecule has 1 aliphatic carbocycles. The van der Waals surface area contributed by atoms with Gasteiger partial charge in [-0.3, -0.25) is 4.79 Å². The van der Waals surface area contributed by atoms with Gasteiger partial charge in [-0.05, 0) is 18.6 Å². The summed E-state index contributed by atoms with van der Waals surface area (Å²) in [6.07, 6.45) is 3.20. The minimum Gasteiger partial charge on any atom is -0.497 e. The fourth-order valence-corrected chi connectivity index (χ4v) is 4.20. The van der Waals surface area contributed by atoms with E-state index in [0.717, 1.165) is 0 Å². The number of methoxy groups -OCH3 is 2. The Kier molecular flexibility index (Phi) is 5.93. The number of ether oxygens (including phenoxy) is 2. The largest absolute Gasteiger partial charge is 0.497 e. The van der Waals surface area contributed by atoms with Gasteiger partial charge in [0.15, 0.2) is 5.11 Å². The maximum Gasteiger partial charge on any atom is 0.226 e. The number of carbonyl (C=O) groups excluding carboxylic acids is 1. The standard InChI is InChI=1S/C19H23N3O5S/c1-4-5-20-18(25)13-9-14(23)17(24)15-16(13)22(19(28)21-15)10-6-11(26-2)8-12(7-10)27-3/h1,6-8,13-17,23-24H,5,9H2,2-3H3,(H,20,25)(H,21,28)/t13-,14-,15-,16-,17+/m1/s1. The molecule has 1 saturated carbocycles. The topological polar surface area (TPSA) is 103 Å². The third-order valence-electron chi connectivity index (χ3n) is 5.16. The number of nitrogens with zero attached hydrogens (tertiary/aromatic N) is 1. The highest BCUT2D eigenvalue weighted by atomic mass is 32.1. The van der Waals surface area contributed by atoms with Crippen molar-refractivity contribution in [2.24, 2.45) is 5.92 Å². The average Bonchev–Trinajstić information content (AvgIpc) is 3.05. The van der Waals surface area contributed by atoms with Crippen LogP contribution in [0.15, 0.2) is 18.2 Å². The molecule has 5 atom stereocenters. The van der Waals surface area contributed by atoms with Crippen LogP contribution >= 0.6 is 12.2 Å². The Labute approximate surface area is 168 Å². The van der Waals surface area contributed by atoms with Gasteiger partial charge in [0.1, 0.15) is 17.6 Å². The molecule has 0 aromatic heterocycles. The van der Waals surface area contributed by atoms with Crippen LogP contribution in [0.5, 0.6) is 11.5 Å². The molecular weight excluding hydrogens is 382 g/mol. The summed E-state index contributed by atoms with van der Waals surface area (Å²) in [5.74, 6) is 2.55. The number of thiocarbonyl (C=S) groups is 1. The van der Waals surface area contributed by atoms with Crippen molar-refractivity contribution in [1.29, 1.82) is 0 Å². The van der Waals surface area contributed by atoms with E-state index in [1.54, 1.807) is 37.3 Å². The fraction of sp³-hybridized carbons (Fsp3) is 0.474. The maximum atomic E-state index is 12.7. The third-order valence-corrected chi connectivity index (χ3v) is 5.48. The van der Waals surface area contributed by atoms with E-state index in [1.807, 2.05) is 0 Å². The first-order valence-corrected chi connectivity index (χ1v) is 9.22. The lowest BCUT2D eigenvalue weighted by Gasteiger charge is -2.41. The number of aliphatic hydroxyl groups is 2. The minimum absolute atomic E-state index is 0.0796. The van der Waals surface area contributed by atoms with Crippen LogP contribution in [0.3, 0.4) is 0 Å². The minimum atomic E-state index is -1.07. The van der Waals surface area contributed by atoms with Gasteiger partial charge in [-0.25, -0.2) is 0 Å². The normalized spacial score (nSPS) is 28.8. The van der Waals surface area contributed by atoms with Gasteiger partial charge in [-0.2, -0.15) is 0 Å². The van der Waals surface area contributed by atoms with Crippen molar-refractivity contribution < 1.29 is 24.5 Å². The molecule has 8 nitrogen and oxygen atoms in total. The molecule has 1 amide bonds. The van der Waals surface area contributed by atoms with Crippen molar-refractivity contribution in [2.75, 3.05) is 25.7 Å². The SMILES string of the molecule is C#CCNC(=O)[C@@H]1C[C@@H](O)[C@H](O)[C@@H]2NC(=S)N(c3cc(OC)cc(OC)c3)[C@@H]21. The zero-order chi connectivity index (χ0) is 20.4. The summed E-state index contributed by atoms with van der Waals surface area (Å²) in [5.41, 5.74) is 0.652. The highest BCUT2D eigenvalue weighted by molar-refractivity contribution is 7.80. The van der Waals surface area contributed by atoms with Crippen LogP contribution in [0, 0.1) is 18.3 Å². The first kappa shape index (κ1) is 20.2. The van der Waals surface area contributed by atoms with Gasteiger partial charge in [0.25, 0.3) is 0 Å². The summed E-state index contributed by atoms with van der Waals surface area (Å²) in [4.78, 5) is 14.5. The number of nitrogens with one attached hydrogen (secondary N) is 2. The van der Waals surface area contributed by atoms with Crippen LogP contribution in [-0.2, 0) is 4.79 Å². The van der Waals surface area contributed by atoms with Crippen molar-refractivity contribution in [1.82, 2.24) is 10.6 Å². The molecule has 2 fully saturated rings. The van der Waals surface area contributed by atoms with Crippen molar-refractivity contribution in [3.05, 3.63) is 18.2 Å². The molecule has 1 aromatic carbocycles. The highest BCUT2D eigenvalue weighted by Crippen LogP contribution is 2.39. The van der Waals surface area contributed by atoms with E-state index in [1.165, 1.54) is 0 Å². The molecule has 0 radical (unpaired) electrons. The van der Waals surface area contributed by atoms with Crippen molar-refractivity contribution in [3.63, 3.8) is 0 Å². The molecule has 1 heterocycles. The number of hydrogen-bond acceptors (Lipinski definition) is 6. The zero-order valence-electron chi connectivity index (χ0n) is 15.6. The van der Waals surface area contributed by atoms with Crippen LogP contribution in [0.1, 0.15) is 6.42 Å². The lowest BCUT2D eigenvalue weighted by molar-refractivity contribution is -0.130. The van der Waals surface area contributed by atoms with Gasteiger partial charge in [0.05, 0.1) is 50.6 Å². The van der Waals surface area contributed by atoms with E-state index in [-0.39, 0.29) is 18.9 Å². The highest BCUT2D eigenvalue weighted by Gasteiger charge is 2.54. The van der Waals surface area contributed by atoms with Crippen molar-refractivity contribution >= 4 is 28.9 Å².